The van der Waals surface area contributed by atoms with Gasteiger partial charge in [0.25, 0.3) is 0 Å². The normalized spacial score (nSPS) is 15.9. The van der Waals surface area contributed by atoms with Gasteiger partial charge in [-0.1, -0.05) is 39.8 Å². The number of aryl methyl sites for hydroxylation is 1. The third-order valence-corrected chi connectivity index (χ3v) is 4.51. The van der Waals surface area contributed by atoms with E-state index in [1.165, 1.54) is 41.7 Å². The van der Waals surface area contributed by atoms with Crippen molar-refractivity contribution in [2.75, 3.05) is 0 Å². The van der Waals surface area contributed by atoms with Crippen LogP contribution >= 0.6 is 0 Å². The van der Waals surface area contributed by atoms with Crippen LogP contribution in [0.15, 0.2) is 24.4 Å². The van der Waals surface area contributed by atoms with E-state index in [1.54, 1.807) is 0 Å². The number of nitrogens with zero attached hydrogens (tertiary/aromatic N) is 1. The van der Waals surface area contributed by atoms with E-state index in [1.807, 2.05) is 0 Å². The first-order chi connectivity index (χ1) is 8.82. The maximum absolute atomic E-state index is 4.64. The summed E-state index contributed by atoms with van der Waals surface area (Å²) < 4.78 is 0. The Kier molecular flexibility index (Phi) is 3.85. The molecule has 1 nitrogen and oxygen atoms in total. The number of hydrogen-bond donors (Lipinski definition) is 0. The Balaban J connectivity index is 2.25. The standard InChI is InChI=1S/C18H27N/c1-12(2)17-9-13(3)16(11-19-17)18(5,6)14(4)10-15-7-8-15/h9,11-12,15H,4,7-8,10H2,1-3,5-6H3. The van der Waals surface area contributed by atoms with Gasteiger partial charge in [-0.2, -0.15) is 0 Å². The van der Waals surface area contributed by atoms with Crippen LogP contribution in [0, 0.1) is 12.8 Å². The van der Waals surface area contributed by atoms with Crippen LogP contribution in [0.5, 0.6) is 0 Å². The summed E-state index contributed by atoms with van der Waals surface area (Å²) in [7, 11) is 0. The van der Waals surface area contributed by atoms with E-state index in [4.69, 9.17) is 0 Å². The molecule has 0 spiro atoms. The van der Waals surface area contributed by atoms with E-state index in [0.29, 0.717) is 5.92 Å². The minimum absolute atomic E-state index is 0.0369. The molecule has 0 atom stereocenters. The summed E-state index contributed by atoms with van der Waals surface area (Å²) in [6.07, 6.45) is 6.03. The average Bonchev–Trinajstić information content (AvgIpc) is 3.12. The van der Waals surface area contributed by atoms with E-state index in [2.05, 4.69) is 58.4 Å². The van der Waals surface area contributed by atoms with Crippen LogP contribution in [0.25, 0.3) is 0 Å². The van der Waals surface area contributed by atoms with Crippen molar-refractivity contribution in [1.29, 1.82) is 0 Å². The van der Waals surface area contributed by atoms with Gasteiger partial charge in [-0.05, 0) is 55.2 Å². The molecule has 0 aromatic carbocycles. The van der Waals surface area contributed by atoms with Gasteiger partial charge in [0.05, 0.1) is 0 Å². The minimum Gasteiger partial charge on any atom is -0.261 e. The molecule has 0 aliphatic heterocycles. The molecular formula is C18H27N. The predicted molar refractivity (Wildman–Crippen MR) is 82.6 cm³/mol. The van der Waals surface area contributed by atoms with Crippen LogP contribution in [0.1, 0.15) is 69.7 Å². The van der Waals surface area contributed by atoms with Crippen LogP contribution in [0.2, 0.25) is 0 Å². The van der Waals surface area contributed by atoms with Gasteiger partial charge >= 0.3 is 0 Å². The van der Waals surface area contributed by atoms with Gasteiger partial charge in [-0.15, -0.1) is 0 Å². The van der Waals surface area contributed by atoms with E-state index in [0.717, 1.165) is 5.92 Å². The molecule has 19 heavy (non-hydrogen) atoms. The fourth-order valence-corrected chi connectivity index (χ4v) is 2.66. The van der Waals surface area contributed by atoms with Crippen molar-refractivity contribution in [1.82, 2.24) is 4.98 Å². The highest BCUT2D eigenvalue weighted by atomic mass is 14.7. The average molecular weight is 257 g/mol. The third-order valence-electron chi connectivity index (χ3n) is 4.51. The van der Waals surface area contributed by atoms with Crippen LogP contribution in [0.4, 0.5) is 0 Å². The Labute approximate surface area is 118 Å². The number of rotatable bonds is 5. The fourth-order valence-electron chi connectivity index (χ4n) is 2.66. The molecule has 1 aliphatic rings. The summed E-state index contributed by atoms with van der Waals surface area (Å²) in [6, 6.07) is 2.24. The van der Waals surface area contributed by atoms with Crippen LogP contribution in [0.3, 0.4) is 0 Å². The smallest absolute Gasteiger partial charge is 0.0431 e. The van der Waals surface area contributed by atoms with Gasteiger partial charge in [-0.3, -0.25) is 4.98 Å². The molecule has 1 fully saturated rings. The van der Waals surface area contributed by atoms with E-state index >= 15 is 0 Å². The van der Waals surface area contributed by atoms with Crippen LogP contribution < -0.4 is 0 Å². The Bertz CT molecular complexity index is 478. The van der Waals surface area contributed by atoms with E-state index in [9.17, 15) is 0 Å². The molecule has 0 bridgehead atoms. The molecular weight excluding hydrogens is 230 g/mol. The van der Waals surface area contributed by atoms with Gasteiger partial charge < -0.3 is 0 Å². The SMILES string of the molecule is C=C(CC1CC1)C(C)(C)c1cnc(C(C)C)cc1C. The lowest BCUT2D eigenvalue weighted by Crippen LogP contribution is -2.22. The molecule has 1 heterocycles. The zero-order valence-corrected chi connectivity index (χ0v) is 13.1. The lowest BCUT2D eigenvalue weighted by Gasteiger charge is -2.30. The Morgan fingerprint density at radius 1 is 1.42 bits per heavy atom. The van der Waals surface area contributed by atoms with Gasteiger partial charge in [0.2, 0.25) is 0 Å². The quantitative estimate of drug-likeness (QED) is 0.665. The van der Waals surface area contributed by atoms with Crippen molar-refractivity contribution in [3.05, 3.63) is 41.2 Å². The first kappa shape index (κ1) is 14.3. The maximum atomic E-state index is 4.64. The van der Waals surface area contributed by atoms with Crippen molar-refractivity contribution in [3.63, 3.8) is 0 Å². The first-order valence-corrected chi connectivity index (χ1v) is 7.47. The summed E-state index contributed by atoms with van der Waals surface area (Å²) in [5.41, 5.74) is 5.26. The molecule has 1 heteroatoms. The first-order valence-electron chi connectivity index (χ1n) is 7.47. The van der Waals surface area contributed by atoms with Crippen molar-refractivity contribution in [2.45, 2.75) is 65.2 Å². The van der Waals surface area contributed by atoms with Crippen LogP contribution in [-0.4, -0.2) is 4.98 Å². The van der Waals surface area contributed by atoms with Crippen molar-refractivity contribution in [2.24, 2.45) is 5.92 Å². The number of hydrogen-bond acceptors (Lipinski definition) is 1. The summed E-state index contributed by atoms with van der Waals surface area (Å²) in [5.74, 6) is 1.39. The molecule has 104 valence electrons. The molecule has 1 aliphatic carbocycles. The highest BCUT2D eigenvalue weighted by molar-refractivity contribution is 5.38. The summed E-state index contributed by atoms with van der Waals surface area (Å²) in [6.45, 7) is 15.5. The predicted octanol–water partition coefficient (Wildman–Crippen LogP) is 5.15. The largest absolute Gasteiger partial charge is 0.261 e. The van der Waals surface area contributed by atoms with Gasteiger partial charge in [0, 0.05) is 17.3 Å². The Morgan fingerprint density at radius 3 is 2.53 bits per heavy atom. The monoisotopic (exact) mass is 257 g/mol. The van der Waals surface area contributed by atoms with Crippen molar-refractivity contribution in [3.8, 4) is 0 Å². The third kappa shape index (κ3) is 3.08. The topological polar surface area (TPSA) is 12.9 Å². The highest BCUT2D eigenvalue weighted by Crippen LogP contribution is 2.42. The molecule has 0 unspecified atom stereocenters. The van der Waals surface area contributed by atoms with Crippen molar-refractivity contribution < 1.29 is 0 Å². The lowest BCUT2D eigenvalue weighted by molar-refractivity contribution is 0.570. The second-order valence-electron chi connectivity index (χ2n) is 6.95. The molecule has 2 rings (SSSR count). The Morgan fingerprint density at radius 2 is 2.05 bits per heavy atom. The van der Waals surface area contributed by atoms with Crippen LogP contribution in [-0.2, 0) is 5.41 Å². The molecule has 0 saturated heterocycles. The summed E-state index contributed by atoms with van der Waals surface area (Å²) in [4.78, 5) is 4.64. The lowest BCUT2D eigenvalue weighted by atomic mass is 9.75. The summed E-state index contributed by atoms with van der Waals surface area (Å²) in [5, 5.41) is 0. The van der Waals surface area contributed by atoms with Gasteiger partial charge in [0.1, 0.15) is 0 Å². The van der Waals surface area contributed by atoms with Gasteiger partial charge in [-0.25, -0.2) is 0 Å². The molecule has 1 aromatic heterocycles. The fraction of sp³-hybridized carbons (Fsp3) is 0.611. The maximum Gasteiger partial charge on any atom is 0.0431 e. The number of pyridine rings is 1. The highest BCUT2D eigenvalue weighted by Gasteiger charge is 2.31. The second-order valence-corrected chi connectivity index (χ2v) is 6.95. The summed E-state index contributed by atoms with van der Waals surface area (Å²) >= 11 is 0. The minimum atomic E-state index is 0.0369. The molecule has 1 saturated carbocycles. The molecule has 0 radical (unpaired) electrons. The van der Waals surface area contributed by atoms with Gasteiger partial charge in [0.15, 0.2) is 0 Å². The molecule has 1 aromatic rings. The number of allylic oxidation sites excluding steroid dienone is 1. The van der Waals surface area contributed by atoms with Crippen molar-refractivity contribution >= 4 is 0 Å². The second kappa shape index (κ2) is 5.11. The zero-order chi connectivity index (χ0) is 14.2. The zero-order valence-electron chi connectivity index (χ0n) is 13.1. The van der Waals surface area contributed by atoms with E-state index in [-0.39, 0.29) is 5.41 Å². The number of aromatic nitrogens is 1. The molecule has 0 amide bonds. The van der Waals surface area contributed by atoms with E-state index < -0.39 is 0 Å². The Hall–Kier alpha value is -1.11. The molecule has 0 N–H and O–H groups in total.